The molecule has 0 unspecified atom stereocenters. The molecular weight excluding hydrogens is 315 g/mol. The third-order valence-electron chi connectivity index (χ3n) is 2.76. The molecule has 0 bridgehead atoms. The van der Waals surface area contributed by atoms with Crippen LogP contribution in [0.3, 0.4) is 0 Å². The molecule has 102 valence electrons. The summed E-state index contributed by atoms with van der Waals surface area (Å²) < 4.78 is 15.5. The molecule has 0 spiro atoms. The van der Waals surface area contributed by atoms with Crippen molar-refractivity contribution in [2.45, 2.75) is 19.9 Å². The maximum absolute atomic E-state index is 13.5. The normalized spacial score (nSPS) is 10.9. The number of hydrogen-bond acceptors (Lipinski definition) is 3. The molecule has 0 radical (unpaired) electrons. The van der Waals surface area contributed by atoms with Crippen LogP contribution in [0, 0.1) is 5.82 Å². The summed E-state index contributed by atoms with van der Waals surface area (Å²) in [5, 5.41) is 2.70. The van der Waals surface area contributed by atoms with E-state index in [0.717, 1.165) is 0 Å². The molecule has 19 heavy (non-hydrogen) atoms. The summed E-state index contributed by atoms with van der Waals surface area (Å²) in [7, 11) is 0. The molecule has 1 heterocycles. The molecule has 3 N–H and O–H groups in total. The molecule has 0 fully saturated rings. The highest BCUT2D eigenvalue weighted by molar-refractivity contribution is 9.10. The maximum Gasteiger partial charge on any atom is 0.221 e. The Labute approximate surface area is 118 Å². The van der Waals surface area contributed by atoms with E-state index in [0.29, 0.717) is 28.6 Å². The Kier molecular flexibility index (Phi) is 4.04. The average molecular weight is 329 g/mol. The van der Waals surface area contributed by atoms with Gasteiger partial charge in [0.25, 0.3) is 0 Å². The summed E-state index contributed by atoms with van der Waals surface area (Å²) in [5.74, 6) is -0.176. The SMILES string of the molecule is CCNC(=O)CCn1c(N)nc2cc(Br)c(F)cc21. The largest absolute Gasteiger partial charge is 0.369 e. The minimum atomic E-state index is -0.383. The van der Waals surface area contributed by atoms with E-state index in [2.05, 4.69) is 26.2 Å². The van der Waals surface area contributed by atoms with Crippen molar-refractivity contribution in [3.8, 4) is 0 Å². The van der Waals surface area contributed by atoms with Gasteiger partial charge >= 0.3 is 0 Å². The maximum atomic E-state index is 13.5. The van der Waals surface area contributed by atoms with Crippen LogP contribution in [0.25, 0.3) is 11.0 Å². The molecule has 1 amide bonds. The van der Waals surface area contributed by atoms with E-state index in [1.54, 1.807) is 10.6 Å². The van der Waals surface area contributed by atoms with Gasteiger partial charge in [-0.25, -0.2) is 9.37 Å². The number of nitrogens with zero attached hydrogens (tertiary/aromatic N) is 2. The Bertz CT molecular complexity index is 626. The fourth-order valence-electron chi connectivity index (χ4n) is 1.87. The van der Waals surface area contributed by atoms with Crippen molar-refractivity contribution in [1.82, 2.24) is 14.9 Å². The van der Waals surface area contributed by atoms with Crippen LogP contribution in [0.5, 0.6) is 0 Å². The summed E-state index contributed by atoms with van der Waals surface area (Å²) in [6.07, 6.45) is 0.279. The summed E-state index contributed by atoms with van der Waals surface area (Å²) in [5.41, 5.74) is 6.98. The van der Waals surface area contributed by atoms with E-state index in [4.69, 9.17) is 5.73 Å². The van der Waals surface area contributed by atoms with E-state index in [1.165, 1.54) is 6.07 Å². The van der Waals surface area contributed by atoms with Gasteiger partial charge in [0.1, 0.15) is 5.82 Å². The van der Waals surface area contributed by atoms with Crippen molar-refractivity contribution in [2.24, 2.45) is 0 Å². The van der Waals surface area contributed by atoms with Crippen LogP contribution < -0.4 is 11.1 Å². The predicted molar refractivity (Wildman–Crippen MR) is 75.1 cm³/mol. The van der Waals surface area contributed by atoms with Crippen LogP contribution in [0.2, 0.25) is 0 Å². The molecule has 0 aliphatic heterocycles. The van der Waals surface area contributed by atoms with E-state index >= 15 is 0 Å². The number of nitrogens with one attached hydrogen (secondary N) is 1. The summed E-state index contributed by atoms with van der Waals surface area (Å²) in [6, 6.07) is 2.93. The molecule has 0 saturated carbocycles. The van der Waals surface area contributed by atoms with Gasteiger partial charge in [-0.05, 0) is 28.9 Å². The number of anilines is 1. The predicted octanol–water partition coefficient (Wildman–Crippen LogP) is 2.05. The summed E-state index contributed by atoms with van der Waals surface area (Å²) >= 11 is 3.10. The van der Waals surface area contributed by atoms with Crippen molar-refractivity contribution < 1.29 is 9.18 Å². The number of amides is 1. The van der Waals surface area contributed by atoms with Gasteiger partial charge in [0, 0.05) is 25.6 Å². The lowest BCUT2D eigenvalue weighted by Gasteiger charge is -2.06. The molecule has 1 aromatic carbocycles. The Hall–Kier alpha value is -1.63. The highest BCUT2D eigenvalue weighted by Gasteiger charge is 2.12. The number of imidazole rings is 1. The smallest absolute Gasteiger partial charge is 0.221 e. The third kappa shape index (κ3) is 2.86. The fourth-order valence-corrected chi connectivity index (χ4v) is 2.20. The van der Waals surface area contributed by atoms with Gasteiger partial charge in [0.15, 0.2) is 0 Å². The minimum absolute atomic E-state index is 0.0682. The van der Waals surface area contributed by atoms with Crippen LogP contribution in [-0.2, 0) is 11.3 Å². The Morgan fingerprint density at radius 2 is 2.32 bits per heavy atom. The van der Waals surface area contributed by atoms with Gasteiger partial charge in [-0.1, -0.05) is 0 Å². The Balaban J connectivity index is 2.30. The quantitative estimate of drug-likeness (QED) is 0.902. The molecular formula is C12H14BrFN4O. The molecule has 7 heteroatoms. The lowest BCUT2D eigenvalue weighted by molar-refractivity contribution is -0.121. The first kappa shape index (κ1) is 13.8. The first-order valence-electron chi connectivity index (χ1n) is 5.90. The second-order valence-electron chi connectivity index (χ2n) is 4.08. The lowest BCUT2D eigenvalue weighted by Crippen LogP contribution is -2.24. The second-order valence-corrected chi connectivity index (χ2v) is 4.93. The first-order chi connectivity index (χ1) is 9.02. The van der Waals surface area contributed by atoms with Crippen LogP contribution in [0.1, 0.15) is 13.3 Å². The number of aromatic nitrogens is 2. The van der Waals surface area contributed by atoms with E-state index < -0.39 is 0 Å². The number of benzene rings is 1. The number of carbonyl (C=O) groups is 1. The van der Waals surface area contributed by atoms with Crippen LogP contribution in [0.15, 0.2) is 16.6 Å². The van der Waals surface area contributed by atoms with E-state index in [-0.39, 0.29) is 24.1 Å². The molecule has 1 aromatic heterocycles. The van der Waals surface area contributed by atoms with Gasteiger partial charge in [0.2, 0.25) is 11.9 Å². The molecule has 0 saturated heterocycles. The Morgan fingerprint density at radius 3 is 3.00 bits per heavy atom. The van der Waals surface area contributed by atoms with Crippen LogP contribution >= 0.6 is 15.9 Å². The Morgan fingerprint density at radius 1 is 1.58 bits per heavy atom. The van der Waals surface area contributed by atoms with Crippen molar-refractivity contribution in [3.05, 3.63) is 22.4 Å². The van der Waals surface area contributed by atoms with Gasteiger partial charge in [0.05, 0.1) is 15.5 Å². The molecule has 2 rings (SSSR count). The molecule has 5 nitrogen and oxygen atoms in total. The number of aryl methyl sites for hydroxylation is 1. The van der Waals surface area contributed by atoms with Gasteiger partial charge in [-0.3, -0.25) is 4.79 Å². The number of nitrogen functional groups attached to an aromatic ring is 1. The monoisotopic (exact) mass is 328 g/mol. The van der Waals surface area contributed by atoms with Crippen molar-refractivity contribution in [2.75, 3.05) is 12.3 Å². The summed E-state index contributed by atoms with van der Waals surface area (Å²) in [6.45, 7) is 2.81. The molecule has 0 aliphatic rings. The van der Waals surface area contributed by atoms with Crippen molar-refractivity contribution >= 4 is 38.8 Å². The zero-order chi connectivity index (χ0) is 14.0. The number of nitrogens with two attached hydrogens (primary N) is 1. The number of halogens is 2. The number of hydrogen-bond donors (Lipinski definition) is 2. The number of rotatable bonds is 4. The number of carbonyl (C=O) groups excluding carboxylic acids is 1. The highest BCUT2D eigenvalue weighted by Crippen LogP contribution is 2.25. The lowest BCUT2D eigenvalue weighted by atomic mass is 10.3. The third-order valence-corrected chi connectivity index (χ3v) is 3.36. The van der Waals surface area contributed by atoms with Gasteiger partial charge in [-0.15, -0.1) is 0 Å². The van der Waals surface area contributed by atoms with Crippen LogP contribution in [0.4, 0.5) is 10.3 Å². The standard InChI is InChI=1S/C12H14BrFN4O/c1-2-16-11(19)3-4-18-10-6-8(14)7(13)5-9(10)17-12(18)15/h5-6H,2-4H2,1H3,(H2,15,17)(H,16,19). The second kappa shape index (κ2) is 5.56. The zero-order valence-electron chi connectivity index (χ0n) is 10.4. The van der Waals surface area contributed by atoms with Gasteiger partial charge in [-0.2, -0.15) is 0 Å². The van der Waals surface area contributed by atoms with Crippen molar-refractivity contribution in [1.29, 1.82) is 0 Å². The van der Waals surface area contributed by atoms with Crippen molar-refractivity contribution in [3.63, 3.8) is 0 Å². The fraction of sp³-hybridized carbons (Fsp3) is 0.333. The minimum Gasteiger partial charge on any atom is -0.369 e. The van der Waals surface area contributed by atoms with E-state index in [1.807, 2.05) is 6.92 Å². The molecule has 2 aromatic rings. The zero-order valence-corrected chi connectivity index (χ0v) is 12.0. The topological polar surface area (TPSA) is 72.9 Å². The molecule has 0 atom stereocenters. The van der Waals surface area contributed by atoms with Gasteiger partial charge < -0.3 is 15.6 Å². The first-order valence-corrected chi connectivity index (χ1v) is 6.69. The van der Waals surface area contributed by atoms with Crippen LogP contribution in [-0.4, -0.2) is 22.0 Å². The highest BCUT2D eigenvalue weighted by atomic mass is 79.9. The average Bonchev–Trinajstić information content (AvgIpc) is 2.63. The van der Waals surface area contributed by atoms with E-state index in [9.17, 15) is 9.18 Å². The number of fused-ring (bicyclic) bond motifs is 1. The molecule has 0 aliphatic carbocycles. The summed E-state index contributed by atoms with van der Waals surface area (Å²) in [4.78, 5) is 15.6.